The van der Waals surface area contributed by atoms with E-state index in [9.17, 15) is 4.79 Å². The van der Waals surface area contributed by atoms with Gasteiger partial charge in [-0.25, -0.2) is 0 Å². The molecule has 1 amide bonds. The first-order chi connectivity index (χ1) is 9.58. The minimum atomic E-state index is -0.0162. The van der Waals surface area contributed by atoms with E-state index in [4.69, 9.17) is 10.5 Å². The Morgan fingerprint density at radius 1 is 1.55 bits per heavy atom. The maximum Gasteiger partial charge on any atom is 0.223 e. The number of hydrogen-bond donors (Lipinski definition) is 2. The average molecular weight is 275 g/mol. The molecule has 1 aliphatic rings. The molecule has 0 bridgehead atoms. The minimum absolute atomic E-state index is 0.0162. The van der Waals surface area contributed by atoms with E-state index in [0.717, 1.165) is 30.9 Å². The van der Waals surface area contributed by atoms with E-state index < -0.39 is 0 Å². The van der Waals surface area contributed by atoms with Gasteiger partial charge < -0.3 is 20.7 Å². The molecule has 2 rings (SSSR count). The molecule has 108 valence electrons. The summed E-state index contributed by atoms with van der Waals surface area (Å²) in [6, 6.07) is 5.61. The first-order valence-corrected chi connectivity index (χ1v) is 6.74. The maximum atomic E-state index is 11.3. The van der Waals surface area contributed by atoms with Crippen molar-refractivity contribution in [2.24, 2.45) is 5.92 Å². The topological polar surface area (TPSA) is 67.6 Å². The fourth-order valence-corrected chi connectivity index (χ4v) is 2.06. The van der Waals surface area contributed by atoms with Crippen LogP contribution in [-0.2, 0) is 9.53 Å². The number of anilines is 3. The number of benzene rings is 1. The summed E-state index contributed by atoms with van der Waals surface area (Å²) in [6.45, 7) is 3.12. The smallest absolute Gasteiger partial charge is 0.223 e. The van der Waals surface area contributed by atoms with Gasteiger partial charge in [-0.05, 0) is 30.7 Å². The summed E-state index contributed by atoms with van der Waals surface area (Å²) < 4.78 is 5.17. The molecule has 1 heterocycles. The molecule has 3 N–H and O–H groups in total. The van der Waals surface area contributed by atoms with Crippen LogP contribution in [0.25, 0.3) is 0 Å². The SMILES string of the molecule is CC(=O)N(C)c1ccc(NCC2C=COCC2)c(N)c1. The normalized spacial score (nSPS) is 17.4. The average Bonchev–Trinajstić information content (AvgIpc) is 2.46. The van der Waals surface area contributed by atoms with Crippen molar-refractivity contribution >= 4 is 23.0 Å². The van der Waals surface area contributed by atoms with Crippen LogP contribution in [0.15, 0.2) is 30.5 Å². The number of nitrogens with one attached hydrogen (secondary N) is 1. The fourth-order valence-electron chi connectivity index (χ4n) is 2.06. The highest BCUT2D eigenvalue weighted by molar-refractivity contribution is 5.92. The van der Waals surface area contributed by atoms with Crippen LogP contribution in [0.4, 0.5) is 17.1 Å². The van der Waals surface area contributed by atoms with Crippen LogP contribution in [0.1, 0.15) is 13.3 Å². The van der Waals surface area contributed by atoms with Crippen LogP contribution >= 0.6 is 0 Å². The van der Waals surface area contributed by atoms with Crippen molar-refractivity contribution in [2.45, 2.75) is 13.3 Å². The Balaban J connectivity index is 2.00. The third-order valence-electron chi connectivity index (χ3n) is 3.50. The number of nitrogens with two attached hydrogens (primary N) is 1. The molecule has 0 aromatic heterocycles. The van der Waals surface area contributed by atoms with E-state index in [1.54, 1.807) is 18.2 Å². The summed E-state index contributed by atoms with van der Waals surface area (Å²) in [5.41, 5.74) is 8.37. The zero-order chi connectivity index (χ0) is 14.5. The summed E-state index contributed by atoms with van der Waals surface area (Å²) >= 11 is 0. The van der Waals surface area contributed by atoms with E-state index in [0.29, 0.717) is 11.6 Å². The Kier molecular flexibility index (Phi) is 4.50. The van der Waals surface area contributed by atoms with E-state index >= 15 is 0 Å². The van der Waals surface area contributed by atoms with Crippen molar-refractivity contribution < 1.29 is 9.53 Å². The lowest BCUT2D eigenvalue weighted by molar-refractivity contribution is -0.116. The summed E-state index contributed by atoms with van der Waals surface area (Å²) in [7, 11) is 1.73. The van der Waals surface area contributed by atoms with Gasteiger partial charge in [0, 0.05) is 32.1 Å². The summed E-state index contributed by atoms with van der Waals surface area (Å²) in [5.74, 6) is 0.445. The molecule has 0 aliphatic carbocycles. The van der Waals surface area contributed by atoms with Crippen LogP contribution in [0.3, 0.4) is 0 Å². The Labute approximate surface area is 119 Å². The van der Waals surface area contributed by atoms with Crippen molar-refractivity contribution in [1.29, 1.82) is 0 Å². The largest absolute Gasteiger partial charge is 0.501 e. The molecule has 1 aliphatic heterocycles. The van der Waals surface area contributed by atoms with Crippen LogP contribution < -0.4 is 16.0 Å². The van der Waals surface area contributed by atoms with Crippen LogP contribution in [0, 0.1) is 5.92 Å². The first kappa shape index (κ1) is 14.2. The molecule has 1 aromatic rings. The van der Waals surface area contributed by atoms with Crippen LogP contribution in [0.5, 0.6) is 0 Å². The number of rotatable bonds is 4. The van der Waals surface area contributed by atoms with Gasteiger partial charge in [-0.2, -0.15) is 0 Å². The van der Waals surface area contributed by atoms with Crippen molar-refractivity contribution in [3.05, 3.63) is 30.5 Å². The lowest BCUT2D eigenvalue weighted by atomic mass is 10.0. The highest BCUT2D eigenvalue weighted by Crippen LogP contribution is 2.25. The molecular weight excluding hydrogens is 254 g/mol. The molecule has 5 heteroatoms. The molecule has 0 saturated heterocycles. The summed E-state index contributed by atoms with van der Waals surface area (Å²) in [5, 5.41) is 3.34. The summed E-state index contributed by atoms with van der Waals surface area (Å²) in [6.07, 6.45) is 4.82. The minimum Gasteiger partial charge on any atom is -0.501 e. The standard InChI is InChI=1S/C15H21N3O2/c1-11(19)18(2)13-3-4-15(14(16)9-13)17-10-12-5-7-20-8-6-12/h3-5,7,9,12,17H,6,8,10,16H2,1-2H3. The highest BCUT2D eigenvalue weighted by atomic mass is 16.5. The Hall–Kier alpha value is -2.17. The van der Waals surface area contributed by atoms with E-state index in [1.807, 2.05) is 18.2 Å². The predicted molar refractivity (Wildman–Crippen MR) is 81.6 cm³/mol. The molecule has 0 fully saturated rings. The van der Waals surface area contributed by atoms with Gasteiger partial charge in [0.1, 0.15) is 0 Å². The monoisotopic (exact) mass is 275 g/mol. The first-order valence-electron chi connectivity index (χ1n) is 6.74. The number of carbonyl (C=O) groups excluding carboxylic acids is 1. The quantitative estimate of drug-likeness (QED) is 0.827. The lowest BCUT2D eigenvalue weighted by Crippen LogP contribution is -2.23. The van der Waals surface area contributed by atoms with Crippen molar-refractivity contribution in [3.63, 3.8) is 0 Å². The Morgan fingerprint density at radius 2 is 2.35 bits per heavy atom. The second-order valence-corrected chi connectivity index (χ2v) is 4.98. The van der Waals surface area contributed by atoms with E-state index in [-0.39, 0.29) is 5.91 Å². The van der Waals surface area contributed by atoms with E-state index in [2.05, 4.69) is 11.4 Å². The number of carbonyl (C=O) groups is 1. The second-order valence-electron chi connectivity index (χ2n) is 4.98. The van der Waals surface area contributed by atoms with Gasteiger partial charge in [0.15, 0.2) is 0 Å². The van der Waals surface area contributed by atoms with Gasteiger partial charge in [-0.15, -0.1) is 0 Å². The predicted octanol–water partition coefficient (Wildman–Crippen LogP) is 2.21. The number of nitrogen functional groups attached to an aromatic ring is 1. The number of nitrogens with zero attached hydrogens (tertiary/aromatic N) is 1. The highest BCUT2D eigenvalue weighted by Gasteiger charge is 2.11. The number of hydrogen-bond acceptors (Lipinski definition) is 4. The zero-order valence-corrected chi connectivity index (χ0v) is 11.9. The molecule has 5 nitrogen and oxygen atoms in total. The Bertz CT molecular complexity index is 514. The van der Waals surface area contributed by atoms with Gasteiger partial charge in [0.05, 0.1) is 24.2 Å². The molecule has 1 unspecified atom stereocenters. The fraction of sp³-hybridized carbons (Fsp3) is 0.400. The second kappa shape index (κ2) is 6.32. The van der Waals surface area contributed by atoms with Gasteiger partial charge in [-0.3, -0.25) is 4.79 Å². The third kappa shape index (κ3) is 3.44. The lowest BCUT2D eigenvalue weighted by Gasteiger charge is -2.20. The molecule has 1 atom stereocenters. The third-order valence-corrected chi connectivity index (χ3v) is 3.50. The van der Waals surface area contributed by atoms with Crippen molar-refractivity contribution in [1.82, 2.24) is 0 Å². The van der Waals surface area contributed by atoms with Crippen LogP contribution in [-0.4, -0.2) is 26.1 Å². The van der Waals surface area contributed by atoms with Gasteiger partial charge in [0.2, 0.25) is 5.91 Å². The summed E-state index contributed by atoms with van der Waals surface area (Å²) in [4.78, 5) is 12.9. The molecular formula is C15H21N3O2. The van der Waals surface area contributed by atoms with Gasteiger partial charge in [0.25, 0.3) is 0 Å². The van der Waals surface area contributed by atoms with Crippen LogP contribution in [0.2, 0.25) is 0 Å². The number of amides is 1. The van der Waals surface area contributed by atoms with Gasteiger partial charge >= 0.3 is 0 Å². The molecule has 0 spiro atoms. The van der Waals surface area contributed by atoms with E-state index in [1.165, 1.54) is 6.92 Å². The number of ether oxygens (including phenoxy) is 1. The zero-order valence-electron chi connectivity index (χ0n) is 11.9. The Morgan fingerprint density at radius 3 is 2.95 bits per heavy atom. The molecule has 0 saturated carbocycles. The molecule has 1 aromatic carbocycles. The van der Waals surface area contributed by atoms with Gasteiger partial charge in [-0.1, -0.05) is 0 Å². The molecule has 20 heavy (non-hydrogen) atoms. The van der Waals surface area contributed by atoms with Crippen molar-refractivity contribution in [3.8, 4) is 0 Å². The van der Waals surface area contributed by atoms with Crippen molar-refractivity contribution in [2.75, 3.05) is 36.1 Å². The maximum absolute atomic E-state index is 11.3. The molecule has 0 radical (unpaired) electrons.